The zero-order chi connectivity index (χ0) is 25.9. The lowest BCUT2D eigenvalue weighted by Gasteiger charge is -2.37. The van der Waals surface area contributed by atoms with Crippen LogP contribution in [0.4, 0.5) is 11.5 Å². The van der Waals surface area contributed by atoms with Crippen LogP contribution in [0.1, 0.15) is 5.56 Å². The van der Waals surface area contributed by atoms with E-state index in [0.29, 0.717) is 52.5 Å². The van der Waals surface area contributed by atoms with Gasteiger partial charge in [0, 0.05) is 45.2 Å². The molecule has 1 aromatic carbocycles. The molecular formula is C26H27N5O4S2. The lowest BCUT2D eigenvalue weighted by atomic mass is 10.2. The van der Waals surface area contributed by atoms with Crippen LogP contribution in [0.15, 0.2) is 58.4 Å². The van der Waals surface area contributed by atoms with E-state index in [1.807, 2.05) is 36.4 Å². The first-order chi connectivity index (χ1) is 18.0. The van der Waals surface area contributed by atoms with E-state index in [-0.39, 0.29) is 11.5 Å². The number of aromatic nitrogens is 2. The van der Waals surface area contributed by atoms with E-state index in [4.69, 9.17) is 26.7 Å². The van der Waals surface area contributed by atoms with Crippen molar-refractivity contribution in [3.63, 3.8) is 0 Å². The minimum Gasteiger partial charge on any atom is -0.497 e. The Kier molecular flexibility index (Phi) is 7.45. The van der Waals surface area contributed by atoms with Crippen molar-refractivity contribution in [2.45, 2.75) is 0 Å². The molecule has 2 saturated heterocycles. The van der Waals surface area contributed by atoms with Gasteiger partial charge in [0.15, 0.2) is 0 Å². The van der Waals surface area contributed by atoms with Gasteiger partial charge in [-0.15, -0.1) is 0 Å². The third-order valence-corrected chi connectivity index (χ3v) is 7.81. The van der Waals surface area contributed by atoms with Crippen molar-refractivity contribution < 1.29 is 14.3 Å². The van der Waals surface area contributed by atoms with Crippen molar-refractivity contribution in [1.29, 1.82) is 0 Å². The molecule has 1 amide bonds. The van der Waals surface area contributed by atoms with Crippen LogP contribution in [-0.4, -0.2) is 78.1 Å². The molecule has 4 heterocycles. The van der Waals surface area contributed by atoms with Crippen molar-refractivity contribution in [3.05, 3.63) is 69.5 Å². The number of anilines is 2. The standard InChI is InChI=1S/C26H27N5O4S2/c1-34-16-15-31-25(33)21(37-26(31)36)17-20-23(27-22-5-3-4-10-30(22)24(20)32)29-13-11-28(12-14-29)18-6-8-19(35-2)9-7-18/h3-10,17H,11-16H2,1-2H3. The first kappa shape index (κ1) is 25.2. The van der Waals surface area contributed by atoms with Crippen LogP contribution in [0.2, 0.25) is 0 Å². The lowest BCUT2D eigenvalue weighted by molar-refractivity contribution is -0.122. The zero-order valence-electron chi connectivity index (χ0n) is 20.6. The summed E-state index contributed by atoms with van der Waals surface area (Å²) >= 11 is 6.61. The Hall–Kier alpha value is -3.41. The molecule has 0 saturated carbocycles. The average Bonchev–Trinajstić information content (AvgIpc) is 3.20. The number of piperazine rings is 1. The molecule has 5 rings (SSSR count). The predicted molar refractivity (Wildman–Crippen MR) is 151 cm³/mol. The van der Waals surface area contributed by atoms with Crippen LogP contribution in [-0.2, 0) is 9.53 Å². The Bertz CT molecular complexity index is 1410. The molecule has 0 spiro atoms. The van der Waals surface area contributed by atoms with E-state index in [1.165, 1.54) is 21.1 Å². The van der Waals surface area contributed by atoms with Crippen LogP contribution in [0, 0.1) is 0 Å². The zero-order valence-corrected chi connectivity index (χ0v) is 22.3. The summed E-state index contributed by atoms with van der Waals surface area (Å²) in [5.74, 6) is 1.17. The summed E-state index contributed by atoms with van der Waals surface area (Å²) in [6.45, 7) is 3.63. The number of pyridine rings is 1. The minimum atomic E-state index is -0.222. The number of thioether (sulfide) groups is 1. The van der Waals surface area contributed by atoms with Crippen molar-refractivity contribution in [2.75, 3.05) is 63.4 Å². The van der Waals surface area contributed by atoms with Crippen LogP contribution >= 0.6 is 24.0 Å². The molecule has 192 valence electrons. The van der Waals surface area contributed by atoms with Gasteiger partial charge in [0.1, 0.15) is 21.5 Å². The van der Waals surface area contributed by atoms with Gasteiger partial charge in [-0.3, -0.25) is 18.9 Å². The number of ether oxygens (including phenoxy) is 2. The molecule has 37 heavy (non-hydrogen) atoms. The Morgan fingerprint density at radius 1 is 1.03 bits per heavy atom. The Morgan fingerprint density at radius 2 is 1.76 bits per heavy atom. The number of carbonyl (C=O) groups excluding carboxylic acids is 1. The number of benzene rings is 1. The fourth-order valence-electron chi connectivity index (χ4n) is 4.43. The third kappa shape index (κ3) is 5.07. The van der Waals surface area contributed by atoms with E-state index >= 15 is 0 Å². The average molecular weight is 538 g/mol. The van der Waals surface area contributed by atoms with Gasteiger partial charge < -0.3 is 19.3 Å². The summed E-state index contributed by atoms with van der Waals surface area (Å²) in [5, 5.41) is 0. The van der Waals surface area contributed by atoms with Crippen LogP contribution in [0.3, 0.4) is 0 Å². The van der Waals surface area contributed by atoms with Gasteiger partial charge in [-0.1, -0.05) is 30.0 Å². The number of nitrogens with zero attached hydrogens (tertiary/aromatic N) is 5. The number of amides is 1. The number of methoxy groups -OCH3 is 2. The number of fused-ring (bicyclic) bond motifs is 1. The van der Waals surface area contributed by atoms with E-state index < -0.39 is 0 Å². The van der Waals surface area contributed by atoms with E-state index in [2.05, 4.69) is 9.80 Å². The molecular weight excluding hydrogens is 510 g/mol. The van der Waals surface area contributed by atoms with Crippen molar-refractivity contribution >= 4 is 57.4 Å². The largest absolute Gasteiger partial charge is 0.497 e. The third-order valence-electron chi connectivity index (χ3n) is 6.43. The van der Waals surface area contributed by atoms with Gasteiger partial charge in [0.25, 0.3) is 11.5 Å². The smallest absolute Gasteiger partial charge is 0.267 e. The van der Waals surface area contributed by atoms with Gasteiger partial charge in [-0.05, 0) is 42.5 Å². The van der Waals surface area contributed by atoms with Crippen molar-refractivity contribution in [3.8, 4) is 5.75 Å². The molecule has 3 aromatic rings. The molecule has 11 heteroatoms. The fraction of sp³-hybridized carbons (Fsp3) is 0.308. The Labute approximate surface area is 224 Å². The summed E-state index contributed by atoms with van der Waals surface area (Å²) in [6, 6.07) is 13.5. The van der Waals surface area contributed by atoms with Crippen molar-refractivity contribution in [2.24, 2.45) is 0 Å². The lowest BCUT2D eigenvalue weighted by Crippen LogP contribution is -2.47. The SMILES string of the molecule is COCCN1C(=O)C(=Cc2c(N3CCN(c4ccc(OC)cc4)CC3)nc3ccccn3c2=O)SC1=S. The minimum absolute atomic E-state index is 0.222. The van der Waals surface area contributed by atoms with E-state index in [9.17, 15) is 9.59 Å². The first-order valence-corrected chi connectivity index (χ1v) is 13.1. The van der Waals surface area contributed by atoms with Gasteiger partial charge in [-0.2, -0.15) is 0 Å². The molecule has 0 unspecified atom stereocenters. The summed E-state index contributed by atoms with van der Waals surface area (Å²) in [4.78, 5) is 37.9. The normalized spacial score (nSPS) is 17.4. The second kappa shape index (κ2) is 10.9. The van der Waals surface area contributed by atoms with Gasteiger partial charge >= 0.3 is 0 Å². The fourth-order valence-corrected chi connectivity index (χ4v) is 5.72. The predicted octanol–water partition coefficient (Wildman–Crippen LogP) is 2.88. The first-order valence-electron chi connectivity index (χ1n) is 11.9. The molecule has 9 nitrogen and oxygen atoms in total. The highest BCUT2D eigenvalue weighted by Crippen LogP contribution is 2.33. The maximum atomic E-state index is 13.6. The molecule has 2 aliphatic heterocycles. The summed E-state index contributed by atoms with van der Waals surface area (Å²) in [7, 11) is 3.23. The maximum absolute atomic E-state index is 13.6. The van der Waals surface area contributed by atoms with Gasteiger partial charge in [0.05, 0.1) is 30.7 Å². The molecule has 0 radical (unpaired) electrons. The molecule has 0 aliphatic carbocycles. The number of carbonyl (C=O) groups is 1. The van der Waals surface area contributed by atoms with Crippen LogP contribution in [0.5, 0.6) is 5.75 Å². The second-order valence-electron chi connectivity index (χ2n) is 8.58. The van der Waals surface area contributed by atoms with E-state index in [0.717, 1.165) is 24.5 Å². The summed E-state index contributed by atoms with van der Waals surface area (Å²) < 4.78 is 12.3. The highest BCUT2D eigenvalue weighted by atomic mass is 32.2. The van der Waals surface area contributed by atoms with Crippen molar-refractivity contribution in [1.82, 2.24) is 14.3 Å². The molecule has 2 aliphatic rings. The highest BCUT2D eigenvalue weighted by molar-refractivity contribution is 8.26. The van der Waals surface area contributed by atoms with Crippen LogP contribution < -0.4 is 20.1 Å². The maximum Gasteiger partial charge on any atom is 0.267 e. The quantitative estimate of drug-likeness (QED) is 0.334. The van der Waals surface area contributed by atoms with Gasteiger partial charge in [-0.25, -0.2) is 4.98 Å². The molecule has 2 fully saturated rings. The Balaban J connectivity index is 1.47. The highest BCUT2D eigenvalue weighted by Gasteiger charge is 2.33. The number of hydrogen-bond donors (Lipinski definition) is 0. The van der Waals surface area contributed by atoms with Gasteiger partial charge in [0.2, 0.25) is 0 Å². The number of hydrogen-bond acceptors (Lipinski definition) is 9. The molecule has 2 aromatic heterocycles. The monoisotopic (exact) mass is 537 g/mol. The number of rotatable bonds is 7. The molecule has 0 N–H and O–H groups in total. The number of thiocarbonyl (C=S) groups is 1. The molecule has 0 atom stereocenters. The Morgan fingerprint density at radius 3 is 2.46 bits per heavy atom. The van der Waals surface area contributed by atoms with Crippen LogP contribution in [0.25, 0.3) is 11.7 Å². The summed E-state index contributed by atoms with van der Waals surface area (Å²) in [5.41, 5.74) is 1.84. The second-order valence-corrected chi connectivity index (χ2v) is 10.3. The van der Waals surface area contributed by atoms with E-state index in [1.54, 1.807) is 32.6 Å². The topological polar surface area (TPSA) is 79.6 Å². The summed E-state index contributed by atoms with van der Waals surface area (Å²) in [6.07, 6.45) is 3.34. The molecule has 0 bridgehead atoms.